The van der Waals surface area contributed by atoms with Gasteiger partial charge in [0.05, 0.1) is 13.2 Å². The largest absolute Gasteiger partial charge is 0.399 e. The van der Waals surface area contributed by atoms with Crippen LogP contribution in [0.25, 0.3) is 0 Å². The van der Waals surface area contributed by atoms with E-state index in [1.54, 1.807) is 18.2 Å². The monoisotopic (exact) mass is 290 g/mol. The summed E-state index contributed by atoms with van der Waals surface area (Å²) in [6, 6.07) is 12.4. The number of carbonyl (C=O) groups is 1. The van der Waals surface area contributed by atoms with Crippen LogP contribution in [0.3, 0.4) is 0 Å². The SMILES string of the molecule is NC(=O)c1ccc(COCc2ccc(N)cc2)c(Cl)c1. The summed E-state index contributed by atoms with van der Waals surface area (Å²) in [5, 5.41) is 0.471. The highest BCUT2D eigenvalue weighted by atomic mass is 35.5. The van der Waals surface area contributed by atoms with Crippen molar-refractivity contribution in [2.75, 3.05) is 5.73 Å². The zero-order valence-electron chi connectivity index (χ0n) is 10.8. The molecule has 0 atom stereocenters. The lowest BCUT2D eigenvalue weighted by Gasteiger charge is -2.07. The molecule has 0 aliphatic carbocycles. The van der Waals surface area contributed by atoms with Crippen molar-refractivity contribution in [1.82, 2.24) is 0 Å². The molecule has 4 N–H and O–H groups in total. The van der Waals surface area contributed by atoms with Crippen molar-refractivity contribution in [2.24, 2.45) is 5.73 Å². The van der Waals surface area contributed by atoms with E-state index < -0.39 is 5.91 Å². The molecule has 2 rings (SSSR count). The van der Waals surface area contributed by atoms with Gasteiger partial charge < -0.3 is 16.2 Å². The highest BCUT2D eigenvalue weighted by Gasteiger charge is 2.06. The van der Waals surface area contributed by atoms with Gasteiger partial charge in [0, 0.05) is 16.3 Å². The number of benzene rings is 2. The maximum atomic E-state index is 11.0. The lowest BCUT2D eigenvalue weighted by Crippen LogP contribution is -2.11. The third-order valence-corrected chi connectivity index (χ3v) is 3.20. The summed E-state index contributed by atoms with van der Waals surface area (Å²) in [6.07, 6.45) is 0. The standard InChI is InChI=1S/C15H15ClN2O2/c16-14-7-11(15(18)19)3-4-12(14)9-20-8-10-1-5-13(17)6-2-10/h1-7H,8-9,17H2,(H2,18,19). The van der Waals surface area contributed by atoms with E-state index in [-0.39, 0.29) is 0 Å². The van der Waals surface area contributed by atoms with E-state index in [0.717, 1.165) is 16.8 Å². The predicted octanol–water partition coefficient (Wildman–Crippen LogP) is 2.74. The van der Waals surface area contributed by atoms with Gasteiger partial charge in [0.25, 0.3) is 0 Å². The summed E-state index contributed by atoms with van der Waals surface area (Å²) >= 11 is 6.07. The van der Waals surface area contributed by atoms with Crippen LogP contribution in [0.2, 0.25) is 5.02 Å². The molecule has 4 nitrogen and oxygen atoms in total. The Morgan fingerprint density at radius 1 is 1.10 bits per heavy atom. The van der Waals surface area contributed by atoms with E-state index in [1.807, 2.05) is 24.3 Å². The number of hydrogen-bond donors (Lipinski definition) is 2. The Morgan fingerprint density at radius 3 is 2.40 bits per heavy atom. The molecule has 0 aliphatic heterocycles. The number of anilines is 1. The van der Waals surface area contributed by atoms with Crippen LogP contribution in [0.5, 0.6) is 0 Å². The average Bonchev–Trinajstić information content (AvgIpc) is 2.42. The second kappa shape index (κ2) is 6.41. The third kappa shape index (κ3) is 3.73. The number of hydrogen-bond acceptors (Lipinski definition) is 3. The lowest BCUT2D eigenvalue weighted by atomic mass is 10.1. The van der Waals surface area contributed by atoms with Crippen molar-refractivity contribution in [3.8, 4) is 0 Å². The summed E-state index contributed by atoms with van der Waals surface area (Å²) in [5.74, 6) is -0.499. The molecular weight excluding hydrogens is 276 g/mol. The molecule has 1 amide bonds. The molecule has 0 unspecified atom stereocenters. The summed E-state index contributed by atoms with van der Waals surface area (Å²) in [6.45, 7) is 0.830. The van der Waals surface area contributed by atoms with E-state index in [4.69, 9.17) is 27.8 Å². The lowest BCUT2D eigenvalue weighted by molar-refractivity contribution is 0.0999. The zero-order valence-corrected chi connectivity index (χ0v) is 11.6. The molecule has 0 radical (unpaired) electrons. The van der Waals surface area contributed by atoms with Gasteiger partial charge in [-0.15, -0.1) is 0 Å². The first-order valence-electron chi connectivity index (χ1n) is 6.06. The van der Waals surface area contributed by atoms with Crippen molar-refractivity contribution in [3.63, 3.8) is 0 Å². The normalized spacial score (nSPS) is 10.4. The summed E-state index contributed by atoms with van der Waals surface area (Å²) in [5.41, 5.74) is 13.7. The highest BCUT2D eigenvalue weighted by Crippen LogP contribution is 2.19. The Bertz CT molecular complexity index is 612. The third-order valence-electron chi connectivity index (χ3n) is 2.84. The van der Waals surface area contributed by atoms with Crippen molar-refractivity contribution in [1.29, 1.82) is 0 Å². The summed E-state index contributed by atoms with van der Waals surface area (Å²) < 4.78 is 5.59. The predicted molar refractivity (Wildman–Crippen MR) is 79.3 cm³/mol. The number of amides is 1. The maximum Gasteiger partial charge on any atom is 0.248 e. The number of rotatable bonds is 5. The molecule has 0 aliphatic rings. The van der Waals surface area contributed by atoms with Crippen LogP contribution in [-0.2, 0) is 18.0 Å². The molecule has 0 bridgehead atoms. The fraction of sp³-hybridized carbons (Fsp3) is 0.133. The Hall–Kier alpha value is -2.04. The van der Waals surface area contributed by atoms with Gasteiger partial charge in [-0.3, -0.25) is 4.79 Å². The minimum Gasteiger partial charge on any atom is -0.399 e. The number of ether oxygens (including phenoxy) is 1. The molecule has 0 aromatic heterocycles. The smallest absolute Gasteiger partial charge is 0.248 e. The van der Waals surface area contributed by atoms with Gasteiger partial charge in [-0.2, -0.15) is 0 Å². The average molecular weight is 291 g/mol. The van der Waals surface area contributed by atoms with E-state index in [9.17, 15) is 4.79 Å². The van der Waals surface area contributed by atoms with E-state index in [1.165, 1.54) is 0 Å². The molecule has 0 saturated heterocycles. The Labute approximate surface area is 122 Å². The van der Waals surface area contributed by atoms with Crippen LogP contribution in [0.1, 0.15) is 21.5 Å². The van der Waals surface area contributed by atoms with E-state index in [2.05, 4.69) is 0 Å². The Balaban J connectivity index is 1.94. The summed E-state index contributed by atoms with van der Waals surface area (Å²) in [7, 11) is 0. The van der Waals surface area contributed by atoms with Crippen LogP contribution in [0.15, 0.2) is 42.5 Å². The molecule has 2 aromatic carbocycles. The van der Waals surface area contributed by atoms with Crippen LogP contribution in [0.4, 0.5) is 5.69 Å². The topological polar surface area (TPSA) is 78.3 Å². The minimum atomic E-state index is -0.499. The van der Waals surface area contributed by atoms with Crippen LogP contribution < -0.4 is 11.5 Å². The number of carbonyl (C=O) groups excluding carboxylic acids is 1. The molecule has 5 heteroatoms. The molecule has 0 saturated carbocycles. The minimum absolute atomic E-state index is 0.363. The highest BCUT2D eigenvalue weighted by molar-refractivity contribution is 6.31. The number of nitrogens with two attached hydrogens (primary N) is 2. The molecule has 2 aromatic rings. The molecule has 0 spiro atoms. The van der Waals surface area contributed by atoms with Gasteiger partial charge in [0.2, 0.25) is 5.91 Å². The van der Waals surface area contributed by atoms with Gasteiger partial charge >= 0.3 is 0 Å². The van der Waals surface area contributed by atoms with E-state index in [0.29, 0.717) is 23.8 Å². The number of nitrogen functional groups attached to an aromatic ring is 1. The second-order valence-corrected chi connectivity index (χ2v) is 4.81. The maximum absolute atomic E-state index is 11.0. The number of halogens is 1. The fourth-order valence-corrected chi connectivity index (χ4v) is 1.95. The van der Waals surface area contributed by atoms with Crippen LogP contribution in [0, 0.1) is 0 Å². The molecule has 104 valence electrons. The Morgan fingerprint density at radius 2 is 1.80 bits per heavy atom. The molecular formula is C15H15ClN2O2. The zero-order chi connectivity index (χ0) is 14.5. The Kier molecular flexibility index (Phi) is 4.61. The quantitative estimate of drug-likeness (QED) is 0.831. The van der Waals surface area contributed by atoms with Gasteiger partial charge in [-0.1, -0.05) is 29.8 Å². The van der Waals surface area contributed by atoms with Crippen molar-refractivity contribution < 1.29 is 9.53 Å². The van der Waals surface area contributed by atoms with E-state index >= 15 is 0 Å². The fourth-order valence-electron chi connectivity index (χ4n) is 1.71. The number of primary amides is 1. The first kappa shape index (κ1) is 14.4. The van der Waals surface area contributed by atoms with Crippen LogP contribution >= 0.6 is 11.6 Å². The first-order valence-corrected chi connectivity index (χ1v) is 6.44. The van der Waals surface area contributed by atoms with Gasteiger partial charge in [-0.25, -0.2) is 0 Å². The molecule has 0 heterocycles. The van der Waals surface area contributed by atoms with Gasteiger partial charge in [0.15, 0.2) is 0 Å². The molecule has 20 heavy (non-hydrogen) atoms. The van der Waals surface area contributed by atoms with Crippen molar-refractivity contribution >= 4 is 23.2 Å². The van der Waals surface area contributed by atoms with Gasteiger partial charge in [-0.05, 0) is 35.4 Å². The van der Waals surface area contributed by atoms with Crippen molar-refractivity contribution in [2.45, 2.75) is 13.2 Å². The molecule has 0 fully saturated rings. The second-order valence-electron chi connectivity index (χ2n) is 4.40. The van der Waals surface area contributed by atoms with Crippen LogP contribution in [-0.4, -0.2) is 5.91 Å². The van der Waals surface area contributed by atoms with Crippen molar-refractivity contribution in [3.05, 3.63) is 64.2 Å². The van der Waals surface area contributed by atoms with Gasteiger partial charge in [0.1, 0.15) is 0 Å². The summed E-state index contributed by atoms with van der Waals surface area (Å²) in [4.78, 5) is 11.0. The first-order chi connectivity index (χ1) is 9.56.